The second kappa shape index (κ2) is 3.53. The van der Waals surface area contributed by atoms with Crippen molar-refractivity contribution >= 4 is 0 Å². The number of aryl methyl sites for hydroxylation is 1. The molecule has 0 spiro atoms. The average molecular weight is 194 g/mol. The highest BCUT2D eigenvalue weighted by Gasteiger charge is 2.34. The molecule has 0 atom stereocenters. The van der Waals surface area contributed by atoms with Crippen LogP contribution in [-0.2, 0) is 4.74 Å². The fourth-order valence-electron chi connectivity index (χ4n) is 1.30. The molecule has 0 saturated carbocycles. The van der Waals surface area contributed by atoms with Crippen LogP contribution in [0.5, 0.6) is 5.88 Å². The van der Waals surface area contributed by atoms with Crippen LogP contribution < -0.4 is 4.74 Å². The number of hydrogen-bond donors (Lipinski definition) is 0. The molecule has 4 nitrogen and oxygen atoms in total. The van der Waals surface area contributed by atoms with E-state index in [1.54, 1.807) is 12.3 Å². The van der Waals surface area contributed by atoms with E-state index in [1.165, 1.54) is 0 Å². The van der Waals surface area contributed by atoms with Gasteiger partial charge in [-0.2, -0.15) is 4.98 Å². The zero-order chi connectivity index (χ0) is 10.0. The Labute approximate surface area is 83.3 Å². The standard InChI is InChI=1S/C10H14N2O2/c1-8-11-4-3-9(12-8)14-7-10(2)5-13-6-10/h3-4H,5-7H2,1-2H3. The number of aromatic nitrogens is 2. The van der Waals surface area contributed by atoms with E-state index in [-0.39, 0.29) is 5.41 Å². The highest BCUT2D eigenvalue weighted by Crippen LogP contribution is 2.26. The number of rotatable bonds is 3. The van der Waals surface area contributed by atoms with Crippen LogP contribution in [0.4, 0.5) is 0 Å². The van der Waals surface area contributed by atoms with Gasteiger partial charge in [0.1, 0.15) is 5.82 Å². The third kappa shape index (κ3) is 2.01. The smallest absolute Gasteiger partial charge is 0.216 e. The largest absolute Gasteiger partial charge is 0.477 e. The van der Waals surface area contributed by atoms with E-state index >= 15 is 0 Å². The zero-order valence-electron chi connectivity index (χ0n) is 8.49. The van der Waals surface area contributed by atoms with Crippen molar-refractivity contribution in [3.05, 3.63) is 18.1 Å². The Kier molecular flexibility index (Phi) is 2.37. The van der Waals surface area contributed by atoms with Crippen molar-refractivity contribution in [2.24, 2.45) is 5.41 Å². The molecule has 1 aromatic heterocycles. The lowest BCUT2D eigenvalue weighted by Crippen LogP contribution is -2.44. The lowest BCUT2D eigenvalue weighted by molar-refractivity contribution is -0.120. The minimum atomic E-state index is 0.166. The van der Waals surface area contributed by atoms with Gasteiger partial charge in [0.2, 0.25) is 5.88 Å². The van der Waals surface area contributed by atoms with Crippen LogP contribution in [0.3, 0.4) is 0 Å². The maximum absolute atomic E-state index is 5.56. The summed E-state index contributed by atoms with van der Waals surface area (Å²) in [5.41, 5.74) is 0.166. The van der Waals surface area contributed by atoms with Gasteiger partial charge in [-0.15, -0.1) is 0 Å². The molecule has 1 aromatic rings. The van der Waals surface area contributed by atoms with E-state index in [9.17, 15) is 0 Å². The summed E-state index contributed by atoms with van der Waals surface area (Å²) in [4.78, 5) is 8.16. The summed E-state index contributed by atoms with van der Waals surface area (Å²) in [6.45, 7) is 6.20. The summed E-state index contributed by atoms with van der Waals surface area (Å²) < 4.78 is 10.7. The van der Waals surface area contributed by atoms with E-state index in [0.717, 1.165) is 19.0 Å². The summed E-state index contributed by atoms with van der Waals surface area (Å²) in [5, 5.41) is 0. The van der Waals surface area contributed by atoms with E-state index in [0.29, 0.717) is 12.5 Å². The Balaban J connectivity index is 1.91. The normalized spacial score (nSPS) is 18.7. The van der Waals surface area contributed by atoms with Crippen molar-refractivity contribution < 1.29 is 9.47 Å². The van der Waals surface area contributed by atoms with Crippen LogP contribution >= 0.6 is 0 Å². The molecule has 76 valence electrons. The summed E-state index contributed by atoms with van der Waals surface area (Å²) in [5.74, 6) is 1.38. The Morgan fingerprint density at radius 3 is 2.93 bits per heavy atom. The molecular weight excluding hydrogens is 180 g/mol. The number of nitrogens with zero attached hydrogens (tertiary/aromatic N) is 2. The molecule has 2 rings (SSSR count). The molecule has 0 amide bonds. The second-order valence-electron chi connectivity index (χ2n) is 4.03. The van der Waals surface area contributed by atoms with Crippen LogP contribution in [0, 0.1) is 12.3 Å². The van der Waals surface area contributed by atoms with E-state index in [1.807, 2.05) is 6.92 Å². The monoisotopic (exact) mass is 194 g/mol. The van der Waals surface area contributed by atoms with Crippen LogP contribution in [0.15, 0.2) is 12.3 Å². The average Bonchev–Trinajstić information content (AvgIpc) is 2.12. The summed E-state index contributed by atoms with van der Waals surface area (Å²) in [6.07, 6.45) is 1.71. The molecule has 1 aliphatic heterocycles. The predicted molar refractivity (Wildman–Crippen MR) is 51.2 cm³/mol. The molecular formula is C10H14N2O2. The fraction of sp³-hybridized carbons (Fsp3) is 0.600. The summed E-state index contributed by atoms with van der Waals surface area (Å²) in [6, 6.07) is 1.77. The topological polar surface area (TPSA) is 44.2 Å². The zero-order valence-corrected chi connectivity index (χ0v) is 8.49. The highest BCUT2D eigenvalue weighted by molar-refractivity contribution is 5.08. The molecule has 14 heavy (non-hydrogen) atoms. The highest BCUT2D eigenvalue weighted by atomic mass is 16.5. The van der Waals surface area contributed by atoms with Gasteiger partial charge < -0.3 is 9.47 Å². The van der Waals surface area contributed by atoms with Gasteiger partial charge in [-0.25, -0.2) is 4.98 Å². The molecule has 0 aromatic carbocycles. The third-order valence-corrected chi connectivity index (χ3v) is 2.22. The van der Waals surface area contributed by atoms with Gasteiger partial charge in [0.15, 0.2) is 0 Å². The molecule has 0 aliphatic carbocycles. The second-order valence-corrected chi connectivity index (χ2v) is 4.03. The molecule has 1 saturated heterocycles. The quantitative estimate of drug-likeness (QED) is 0.725. The molecule has 4 heteroatoms. The van der Waals surface area contributed by atoms with Gasteiger partial charge in [0, 0.05) is 17.7 Å². The Bertz CT molecular complexity index is 324. The lowest BCUT2D eigenvalue weighted by atomic mass is 9.90. The van der Waals surface area contributed by atoms with Crippen molar-refractivity contribution in [3.63, 3.8) is 0 Å². The first-order valence-corrected chi connectivity index (χ1v) is 4.68. The van der Waals surface area contributed by atoms with Crippen molar-refractivity contribution in [2.45, 2.75) is 13.8 Å². The molecule has 1 aliphatic rings. The van der Waals surface area contributed by atoms with E-state index < -0.39 is 0 Å². The van der Waals surface area contributed by atoms with Crippen LogP contribution in [0.25, 0.3) is 0 Å². The Hall–Kier alpha value is -1.16. The SMILES string of the molecule is Cc1nccc(OCC2(C)COC2)n1. The van der Waals surface area contributed by atoms with Gasteiger partial charge in [-0.05, 0) is 6.92 Å². The van der Waals surface area contributed by atoms with Gasteiger partial charge in [0.25, 0.3) is 0 Å². The maximum atomic E-state index is 5.56. The third-order valence-electron chi connectivity index (χ3n) is 2.22. The molecule has 1 fully saturated rings. The van der Waals surface area contributed by atoms with Crippen LogP contribution in [0.2, 0.25) is 0 Å². The molecule has 0 N–H and O–H groups in total. The molecule has 0 radical (unpaired) electrons. The first-order chi connectivity index (χ1) is 6.68. The van der Waals surface area contributed by atoms with Crippen molar-refractivity contribution in [1.29, 1.82) is 0 Å². The van der Waals surface area contributed by atoms with Gasteiger partial charge in [0.05, 0.1) is 19.8 Å². The fourth-order valence-corrected chi connectivity index (χ4v) is 1.30. The van der Waals surface area contributed by atoms with E-state index in [2.05, 4.69) is 16.9 Å². The van der Waals surface area contributed by atoms with Gasteiger partial charge in [-0.3, -0.25) is 0 Å². The first-order valence-electron chi connectivity index (χ1n) is 4.68. The minimum absolute atomic E-state index is 0.166. The van der Waals surface area contributed by atoms with Gasteiger partial charge in [-0.1, -0.05) is 6.92 Å². The molecule has 0 unspecified atom stereocenters. The number of hydrogen-bond acceptors (Lipinski definition) is 4. The van der Waals surface area contributed by atoms with E-state index in [4.69, 9.17) is 9.47 Å². The number of ether oxygens (including phenoxy) is 2. The molecule has 0 bridgehead atoms. The molecule has 2 heterocycles. The summed E-state index contributed by atoms with van der Waals surface area (Å²) >= 11 is 0. The Morgan fingerprint density at radius 2 is 2.36 bits per heavy atom. The maximum Gasteiger partial charge on any atom is 0.216 e. The minimum Gasteiger partial charge on any atom is -0.477 e. The lowest BCUT2D eigenvalue weighted by Gasteiger charge is -2.37. The van der Waals surface area contributed by atoms with Gasteiger partial charge >= 0.3 is 0 Å². The van der Waals surface area contributed by atoms with Crippen molar-refractivity contribution in [1.82, 2.24) is 9.97 Å². The predicted octanol–water partition coefficient (Wildman–Crippen LogP) is 1.20. The van der Waals surface area contributed by atoms with Crippen molar-refractivity contribution in [2.75, 3.05) is 19.8 Å². The van der Waals surface area contributed by atoms with Crippen molar-refractivity contribution in [3.8, 4) is 5.88 Å². The van der Waals surface area contributed by atoms with Crippen LogP contribution in [-0.4, -0.2) is 29.8 Å². The Morgan fingerprint density at radius 1 is 1.57 bits per heavy atom. The first kappa shape index (κ1) is 9.40. The summed E-state index contributed by atoms with van der Waals surface area (Å²) in [7, 11) is 0. The van der Waals surface area contributed by atoms with Crippen LogP contribution in [0.1, 0.15) is 12.7 Å².